The molecule has 2 aromatic rings. The number of aromatic nitrogens is 1. The van der Waals surface area contributed by atoms with Gasteiger partial charge in [-0.25, -0.2) is 0 Å². The molecule has 0 bridgehead atoms. The molecule has 0 aliphatic rings. The van der Waals surface area contributed by atoms with Gasteiger partial charge in [-0.3, -0.25) is 4.79 Å². The number of halogens is 6. The van der Waals surface area contributed by atoms with Crippen molar-refractivity contribution >= 4 is 10.9 Å². The summed E-state index contributed by atoms with van der Waals surface area (Å²) in [6.07, 6.45) is -11.9. The molecule has 0 spiro atoms. The molecule has 132 valence electrons. The van der Waals surface area contributed by atoms with E-state index in [4.69, 9.17) is 0 Å². The second kappa shape index (κ2) is 5.51. The van der Waals surface area contributed by atoms with E-state index in [1.807, 2.05) is 0 Å². The fraction of sp³-hybridized carbons (Fsp3) is 0.400. The molecule has 0 unspecified atom stereocenters. The summed E-state index contributed by atoms with van der Waals surface area (Å²) >= 11 is 0. The monoisotopic (exact) mass is 353 g/mol. The van der Waals surface area contributed by atoms with Crippen LogP contribution >= 0.6 is 0 Å². The van der Waals surface area contributed by atoms with Crippen LogP contribution in [0.4, 0.5) is 26.3 Å². The average Bonchev–Trinajstić information content (AvgIpc) is 2.44. The molecule has 24 heavy (non-hydrogen) atoms. The van der Waals surface area contributed by atoms with Crippen molar-refractivity contribution in [2.75, 3.05) is 0 Å². The van der Waals surface area contributed by atoms with Gasteiger partial charge in [-0.1, -0.05) is 6.07 Å². The summed E-state index contributed by atoms with van der Waals surface area (Å²) in [5.74, 6) is 0. The van der Waals surface area contributed by atoms with E-state index in [9.17, 15) is 36.2 Å². The van der Waals surface area contributed by atoms with Gasteiger partial charge in [0.05, 0.1) is 5.52 Å². The second-order valence-electron chi connectivity index (χ2n) is 5.35. The SMILES string of the molecule is CCn1c(=O)cc(C)c2cc(C(O)(C(F)(F)F)C(F)(F)F)ccc21. The van der Waals surface area contributed by atoms with E-state index in [-0.39, 0.29) is 23.0 Å². The van der Waals surface area contributed by atoms with Crippen LogP contribution in [0, 0.1) is 6.92 Å². The van der Waals surface area contributed by atoms with Crippen LogP contribution in [0.15, 0.2) is 29.1 Å². The Kier molecular flexibility index (Phi) is 4.20. The van der Waals surface area contributed by atoms with Gasteiger partial charge in [0.15, 0.2) is 0 Å². The molecule has 2 rings (SSSR count). The van der Waals surface area contributed by atoms with Gasteiger partial charge in [0.25, 0.3) is 11.2 Å². The number of hydrogen-bond acceptors (Lipinski definition) is 2. The summed E-state index contributed by atoms with van der Waals surface area (Å²) in [5.41, 5.74) is -6.35. The van der Waals surface area contributed by atoms with E-state index in [2.05, 4.69) is 0 Å². The Balaban J connectivity index is 2.86. The Morgan fingerprint density at radius 1 is 1.04 bits per heavy atom. The lowest BCUT2D eigenvalue weighted by molar-refractivity contribution is -0.376. The molecular weight excluding hydrogens is 340 g/mol. The number of aryl methyl sites for hydroxylation is 2. The van der Waals surface area contributed by atoms with Crippen molar-refractivity contribution in [2.24, 2.45) is 0 Å². The quantitative estimate of drug-likeness (QED) is 0.838. The van der Waals surface area contributed by atoms with Crippen molar-refractivity contribution in [3.8, 4) is 0 Å². The Morgan fingerprint density at radius 3 is 2.04 bits per heavy atom. The maximum atomic E-state index is 13.0. The zero-order valence-corrected chi connectivity index (χ0v) is 12.6. The number of nitrogens with zero attached hydrogens (tertiary/aromatic N) is 1. The molecule has 0 aliphatic carbocycles. The summed E-state index contributed by atoms with van der Waals surface area (Å²) < 4.78 is 79.0. The Labute approximate surface area is 132 Å². The fourth-order valence-electron chi connectivity index (χ4n) is 2.59. The summed E-state index contributed by atoms with van der Waals surface area (Å²) in [4.78, 5) is 11.8. The maximum absolute atomic E-state index is 13.0. The van der Waals surface area contributed by atoms with Gasteiger partial charge < -0.3 is 9.67 Å². The predicted molar refractivity (Wildman–Crippen MR) is 74.6 cm³/mol. The van der Waals surface area contributed by atoms with E-state index in [0.29, 0.717) is 12.1 Å². The highest BCUT2D eigenvalue weighted by Gasteiger charge is 2.71. The molecule has 0 aliphatic heterocycles. The van der Waals surface area contributed by atoms with Gasteiger partial charge in [0.2, 0.25) is 0 Å². The van der Waals surface area contributed by atoms with Crippen LogP contribution in [-0.2, 0) is 12.1 Å². The van der Waals surface area contributed by atoms with E-state index in [1.165, 1.54) is 11.5 Å². The molecule has 0 radical (unpaired) electrons. The number of fused-ring (bicyclic) bond motifs is 1. The van der Waals surface area contributed by atoms with Crippen molar-refractivity contribution in [2.45, 2.75) is 38.3 Å². The average molecular weight is 353 g/mol. The van der Waals surface area contributed by atoms with Crippen molar-refractivity contribution in [1.82, 2.24) is 4.57 Å². The number of aliphatic hydroxyl groups is 1. The smallest absolute Gasteiger partial charge is 0.369 e. The van der Waals surface area contributed by atoms with Gasteiger partial charge in [0, 0.05) is 23.6 Å². The molecule has 1 N–H and O–H groups in total. The first-order valence-corrected chi connectivity index (χ1v) is 6.85. The summed E-state index contributed by atoms with van der Waals surface area (Å²) in [6, 6.07) is 3.26. The number of alkyl halides is 6. The molecule has 0 atom stereocenters. The predicted octanol–water partition coefficient (Wildman–Crippen LogP) is 3.64. The normalized spacial score (nSPS) is 13.5. The second-order valence-corrected chi connectivity index (χ2v) is 5.35. The first-order valence-electron chi connectivity index (χ1n) is 6.85. The molecule has 1 aromatic heterocycles. The standard InChI is InChI=1S/C15H13F6NO2/c1-3-22-11-5-4-9(7-10(11)8(2)6-12(22)23)13(24,14(16,17)18)15(19,20)21/h4-7,24H,3H2,1-2H3. The summed E-state index contributed by atoms with van der Waals surface area (Å²) in [7, 11) is 0. The van der Waals surface area contributed by atoms with Crippen LogP contribution in [0.1, 0.15) is 18.1 Å². The van der Waals surface area contributed by atoms with E-state index in [0.717, 1.165) is 12.1 Å². The van der Waals surface area contributed by atoms with E-state index < -0.39 is 29.1 Å². The Bertz CT molecular complexity index is 821. The van der Waals surface area contributed by atoms with Gasteiger partial charge >= 0.3 is 12.4 Å². The zero-order valence-electron chi connectivity index (χ0n) is 12.6. The highest BCUT2D eigenvalue weighted by Crippen LogP contribution is 2.50. The van der Waals surface area contributed by atoms with Gasteiger partial charge in [-0.15, -0.1) is 0 Å². The van der Waals surface area contributed by atoms with Gasteiger partial charge in [0.1, 0.15) is 0 Å². The third-order valence-corrected chi connectivity index (χ3v) is 3.87. The van der Waals surface area contributed by atoms with Crippen LogP contribution in [0.2, 0.25) is 0 Å². The minimum absolute atomic E-state index is 0.0286. The van der Waals surface area contributed by atoms with Gasteiger partial charge in [-0.2, -0.15) is 26.3 Å². The lowest BCUT2D eigenvalue weighted by Gasteiger charge is -2.33. The highest BCUT2D eigenvalue weighted by atomic mass is 19.4. The Hall–Kier alpha value is -2.03. The van der Waals surface area contributed by atoms with Crippen LogP contribution in [0.5, 0.6) is 0 Å². The summed E-state index contributed by atoms with van der Waals surface area (Å²) in [6.45, 7) is 3.21. The molecule has 0 amide bonds. The lowest BCUT2D eigenvalue weighted by atomic mass is 9.90. The fourth-order valence-corrected chi connectivity index (χ4v) is 2.59. The number of hydrogen-bond donors (Lipinski definition) is 1. The Morgan fingerprint density at radius 2 is 1.58 bits per heavy atom. The van der Waals surface area contributed by atoms with Crippen molar-refractivity contribution in [3.05, 3.63) is 45.7 Å². The first-order chi connectivity index (χ1) is 10.8. The first kappa shape index (κ1) is 18.3. The van der Waals surface area contributed by atoms with Crippen LogP contribution in [0.3, 0.4) is 0 Å². The lowest BCUT2D eigenvalue weighted by Crippen LogP contribution is -2.53. The number of rotatable bonds is 2. The van der Waals surface area contributed by atoms with Crippen LogP contribution in [-0.4, -0.2) is 22.0 Å². The third-order valence-electron chi connectivity index (χ3n) is 3.87. The minimum Gasteiger partial charge on any atom is -0.369 e. The van der Waals surface area contributed by atoms with E-state index in [1.54, 1.807) is 6.92 Å². The molecular formula is C15H13F6NO2. The molecule has 1 heterocycles. The third kappa shape index (κ3) is 2.56. The largest absolute Gasteiger partial charge is 0.430 e. The molecule has 0 saturated heterocycles. The van der Waals surface area contributed by atoms with Crippen molar-refractivity contribution < 1.29 is 31.4 Å². The minimum atomic E-state index is -5.95. The number of benzene rings is 1. The van der Waals surface area contributed by atoms with E-state index >= 15 is 0 Å². The van der Waals surface area contributed by atoms with Crippen molar-refractivity contribution in [3.63, 3.8) is 0 Å². The molecule has 3 nitrogen and oxygen atoms in total. The molecule has 9 heteroatoms. The zero-order chi connectivity index (χ0) is 18.5. The van der Waals surface area contributed by atoms with Crippen molar-refractivity contribution in [1.29, 1.82) is 0 Å². The van der Waals surface area contributed by atoms with Gasteiger partial charge in [-0.05, 0) is 31.5 Å². The highest BCUT2D eigenvalue weighted by molar-refractivity contribution is 5.83. The topological polar surface area (TPSA) is 42.2 Å². The summed E-state index contributed by atoms with van der Waals surface area (Å²) in [5, 5.41) is 9.50. The molecule has 0 saturated carbocycles. The molecule has 1 aromatic carbocycles. The van der Waals surface area contributed by atoms with Crippen LogP contribution < -0.4 is 5.56 Å². The van der Waals surface area contributed by atoms with Crippen LogP contribution in [0.25, 0.3) is 10.9 Å². The maximum Gasteiger partial charge on any atom is 0.430 e. The molecule has 0 fully saturated rings. The number of pyridine rings is 1.